The van der Waals surface area contributed by atoms with Crippen LogP contribution in [0.3, 0.4) is 0 Å². The molecule has 22 heavy (non-hydrogen) atoms. The van der Waals surface area contributed by atoms with E-state index in [4.69, 9.17) is 4.74 Å². The van der Waals surface area contributed by atoms with E-state index in [0.717, 1.165) is 25.9 Å². The van der Waals surface area contributed by atoms with Gasteiger partial charge in [0.1, 0.15) is 0 Å². The van der Waals surface area contributed by atoms with Crippen molar-refractivity contribution in [1.29, 1.82) is 0 Å². The Hall–Kier alpha value is -1.04. The van der Waals surface area contributed by atoms with E-state index in [2.05, 4.69) is 34.9 Å². The molecule has 4 nitrogen and oxygen atoms in total. The summed E-state index contributed by atoms with van der Waals surface area (Å²) < 4.78 is 5.93. The first-order valence-corrected chi connectivity index (χ1v) is 9.23. The normalized spacial score (nSPS) is 25.9. The lowest BCUT2D eigenvalue weighted by molar-refractivity contribution is -0.120. The number of benzene rings is 1. The monoisotopic (exact) mass is 320 g/mol. The topological polar surface area (TPSA) is 50.4 Å². The van der Waals surface area contributed by atoms with Gasteiger partial charge >= 0.3 is 0 Å². The molecule has 1 aromatic rings. The zero-order valence-corrected chi connectivity index (χ0v) is 14.0. The molecule has 0 aromatic heterocycles. The van der Waals surface area contributed by atoms with Crippen molar-refractivity contribution in [3.63, 3.8) is 0 Å². The SMILES string of the molecule is CO[C@H]1[C@H](NC(=O)CSC)c2ccccc2C12CCNCC2. The van der Waals surface area contributed by atoms with Crippen LogP contribution in [0.5, 0.6) is 0 Å². The highest BCUT2D eigenvalue weighted by Gasteiger charge is 2.53. The maximum atomic E-state index is 12.1. The Morgan fingerprint density at radius 3 is 2.82 bits per heavy atom. The van der Waals surface area contributed by atoms with Gasteiger partial charge in [0, 0.05) is 12.5 Å². The average Bonchev–Trinajstić information content (AvgIpc) is 2.78. The molecule has 2 atom stereocenters. The summed E-state index contributed by atoms with van der Waals surface area (Å²) in [4.78, 5) is 12.1. The molecule has 1 aliphatic carbocycles. The largest absolute Gasteiger partial charge is 0.378 e. The highest BCUT2D eigenvalue weighted by Crippen LogP contribution is 2.51. The van der Waals surface area contributed by atoms with E-state index in [1.807, 2.05) is 6.26 Å². The second-order valence-corrected chi connectivity index (χ2v) is 6.99. The zero-order chi connectivity index (χ0) is 15.6. The second kappa shape index (κ2) is 6.60. The summed E-state index contributed by atoms with van der Waals surface area (Å²) in [7, 11) is 1.77. The third-order valence-electron chi connectivity index (χ3n) is 5.02. The Bertz CT molecular complexity index is 543. The van der Waals surface area contributed by atoms with Crippen LogP contribution < -0.4 is 10.6 Å². The van der Waals surface area contributed by atoms with Crippen molar-refractivity contribution in [2.24, 2.45) is 0 Å². The molecule has 1 aromatic carbocycles. The predicted molar refractivity (Wildman–Crippen MR) is 90.3 cm³/mol. The minimum absolute atomic E-state index is 0.0119. The van der Waals surface area contributed by atoms with Gasteiger partial charge in [0.25, 0.3) is 0 Å². The van der Waals surface area contributed by atoms with Gasteiger partial charge in [-0.1, -0.05) is 24.3 Å². The van der Waals surface area contributed by atoms with Crippen LogP contribution >= 0.6 is 11.8 Å². The number of nitrogens with one attached hydrogen (secondary N) is 2. The van der Waals surface area contributed by atoms with Gasteiger partial charge in [0.05, 0.1) is 17.9 Å². The third kappa shape index (κ3) is 2.55. The van der Waals surface area contributed by atoms with Crippen molar-refractivity contribution in [2.45, 2.75) is 30.4 Å². The van der Waals surface area contributed by atoms with E-state index < -0.39 is 0 Å². The van der Waals surface area contributed by atoms with Crippen molar-refractivity contribution in [3.8, 4) is 0 Å². The van der Waals surface area contributed by atoms with Crippen molar-refractivity contribution >= 4 is 17.7 Å². The molecular weight excluding hydrogens is 296 g/mol. The molecule has 1 saturated heterocycles. The molecule has 5 heteroatoms. The summed E-state index contributed by atoms with van der Waals surface area (Å²) in [6.45, 7) is 2.00. The number of piperidine rings is 1. The van der Waals surface area contributed by atoms with Crippen LogP contribution in [-0.4, -0.2) is 44.2 Å². The van der Waals surface area contributed by atoms with Crippen LogP contribution in [0.1, 0.15) is 30.0 Å². The molecule has 1 aliphatic heterocycles. The van der Waals surface area contributed by atoms with Crippen molar-refractivity contribution < 1.29 is 9.53 Å². The highest BCUT2D eigenvalue weighted by atomic mass is 32.2. The van der Waals surface area contributed by atoms with E-state index in [-0.39, 0.29) is 23.5 Å². The fourth-order valence-corrected chi connectivity index (χ4v) is 4.49. The summed E-state index contributed by atoms with van der Waals surface area (Å²) >= 11 is 1.55. The maximum Gasteiger partial charge on any atom is 0.230 e. The fourth-order valence-electron chi connectivity index (χ4n) is 4.15. The molecule has 3 rings (SSSR count). The van der Waals surface area contributed by atoms with Gasteiger partial charge in [0.15, 0.2) is 0 Å². The van der Waals surface area contributed by atoms with Gasteiger partial charge in [-0.25, -0.2) is 0 Å². The number of fused-ring (bicyclic) bond motifs is 2. The summed E-state index contributed by atoms with van der Waals surface area (Å²) in [5.41, 5.74) is 2.61. The van der Waals surface area contributed by atoms with Crippen molar-refractivity contribution in [2.75, 3.05) is 32.2 Å². The van der Waals surface area contributed by atoms with Crippen molar-refractivity contribution in [1.82, 2.24) is 10.6 Å². The van der Waals surface area contributed by atoms with E-state index in [1.165, 1.54) is 11.1 Å². The molecule has 0 unspecified atom stereocenters. The molecule has 2 N–H and O–H groups in total. The number of amides is 1. The molecular formula is C17H24N2O2S. The molecule has 1 fully saturated rings. The number of thioether (sulfide) groups is 1. The number of carbonyl (C=O) groups is 1. The maximum absolute atomic E-state index is 12.1. The Balaban J connectivity index is 1.98. The van der Waals surface area contributed by atoms with Crippen LogP contribution in [0.2, 0.25) is 0 Å². The van der Waals surface area contributed by atoms with E-state index in [0.29, 0.717) is 5.75 Å². The molecule has 120 valence electrons. The highest BCUT2D eigenvalue weighted by molar-refractivity contribution is 7.99. The van der Waals surface area contributed by atoms with Gasteiger partial charge in [-0.2, -0.15) is 11.8 Å². The molecule has 1 spiro atoms. The quantitative estimate of drug-likeness (QED) is 0.889. The van der Waals surface area contributed by atoms with Crippen LogP contribution in [0.25, 0.3) is 0 Å². The third-order valence-corrected chi connectivity index (χ3v) is 5.57. The fraction of sp³-hybridized carbons (Fsp3) is 0.588. The van der Waals surface area contributed by atoms with Gasteiger partial charge in [-0.15, -0.1) is 0 Å². The van der Waals surface area contributed by atoms with Gasteiger partial charge in [-0.3, -0.25) is 4.79 Å². The second-order valence-electron chi connectivity index (χ2n) is 6.13. The zero-order valence-electron chi connectivity index (χ0n) is 13.2. The van der Waals surface area contributed by atoms with E-state index in [1.54, 1.807) is 18.9 Å². The number of hydrogen-bond donors (Lipinski definition) is 2. The standard InChI is InChI=1S/C17H24N2O2S/c1-21-16-15(19-14(20)11-22-2)12-5-3-4-6-13(12)17(16)7-9-18-10-8-17/h3-6,15-16,18H,7-11H2,1-2H3,(H,19,20)/t15-,16+/m1/s1. The molecule has 1 heterocycles. The van der Waals surface area contributed by atoms with Crippen LogP contribution in [0.4, 0.5) is 0 Å². The number of ether oxygens (including phenoxy) is 1. The molecule has 1 amide bonds. The van der Waals surface area contributed by atoms with Gasteiger partial charge in [0.2, 0.25) is 5.91 Å². The minimum Gasteiger partial charge on any atom is -0.378 e. The number of carbonyl (C=O) groups excluding carboxylic acids is 1. The Labute approximate surface area is 136 Å². The Kier molecular flexibility index (Phi) is 4.76. The first-order valence-electron chi connectivity index (χ1n) is 7.84. The first kappa shape index (κ1) is 15.8. The lowest BCUT2D eigenvalue weighted by atomic mass is 9.72. The summed E-state index contributed by atoms with van der Waals surface area (Å²) in [6.07, 6.45) is 4.07. The summed E-state index contributed by atoms with van der Waals surface area (Å²) in [5.74, 6) is 0.573. The number of hydrogen-bond acceptors (Lipinski definition) is 4. The number of rotatable bonds is 4. The lowest BCUT2D eigenvalue weighted by Crippen LogP contribution is -2.49. The molecule has 2 aliphatic rings. The van der Waals surface area contributed by atoms with Crippen LogP contribution in [0, 0.1) is 0 Å². The lowest BCUT2D eigenvalue weighted by Gasteiger charge is -2.40. The van der Waals surface area contributed by atoms with E-state index in [9.17, 15) is 4.79 Å². The smallest absolute Gasteiger partial charge is 0.230 e. The van der Waals surface area contributed by atoms with Crippen LogP contribution in [-0.2, 0) is 14.9 Å². The van der Waals surface area contributed by atoms with Crippen molar-refractivity contribution in [3.05, 3.63) is 35.4 Å². The minimum atomic E-state index is -0.0426. The summed E-state index contributed by atoms with van der Waals surface area (Å²) in [6, 6.07) is 8.47. The number of methoxy groups -OCH3 is 1. The van der Waals surface area contributed by atoms with Gasteiger partial charge < -0.3 is 15.4 Å². The Morgan fingerprint density at radius 1 is 1.41 bits per heavy atom. The first-order chi connectivity index (χ1) is 10.7. The van der Waals surface area contributed by atoms with E-state index >= 15 is 0 Å². The molecule has 0 radical (unpaired) electrons. The van der Waals surface area contributed by atoms with Gasteiger partial charge in [-0.05, 0) is 43.3 Å². The molecule has 0 saturated carbocycles. The molecule has 0 bridgehead atoms. The predicted octanol–water partition coefficient (Wildman–Crippen LogP) is 1.86. The summed E-state index contributed by atoms with van der Waals surface area (Å²) in [5, 5.41) is 6.64. The Morgan fingerprint density at radius 2 is 2.14 bits per heavy atom. The van der Waals surface area contributed by atoms with Crippen LogP contribution in [0.15, 0.2) is 24.3 Å². The average molecular weight is 320 g/mol.